The zero-order chi connectivity index (χ0) is 20.7. The second-order valence-electron chi connectivity index (χ2n) is 6.47. The number of rotatable bonds is 8. The van der Waals surface area contributed by atoms with Crippen LogP contribution in [0.3, 0.4) is 0 Å². The summed E-state index contributed by atoms with van der Waals surface area (Å²) < 4.78 is 32.9. The Morgan fingerprint density at radius 1 is 1.10 bits per heavy atom. The summed E-state index contributed by atoms with van der Waals surface area (Å²) in [5.41, 5.74) is 0.859. The monoisotopic (exact) mass is 498 g/mol. The molecule has 1 fully saturated rings. The SMILES string of the molecule is O=C(CCSc1ccccc1Br)NCc1ccc(S(=O)(=O)N2CCOCC2)cc1. The Balaban J connectivity index is 1.46. The Morgan fingerprint density at radius 2 is 1.79 bits per heavy atom. The average molecular weight is 499 g/mol. The molecular formula is C20H23BrN2O4S2. The molecule has 9 heteroatoms. The lowest BCUT2D eigenvalue weighted by Crippen LogP contribution is -2.40. The van der Waals surface area contributed by atoms with Crippen LogP contribution >= 0.6 is 27.7 Å². The zero-order valence-electron chi connectivity index (χ0n) is 15.8. The van der Waals surface area contributed by atoms with Crippen molar-refractivity contribution in [2.75, 3.05) is 32.1 Å². The Labute approximate surface area is 184 Å². The van der Waals surface area contributed by atoms with Gasteiger partial charge in [0.1, 0.15) is 0 Å². The molecule has 1 saturated heterocycles. The molecule has 1 amide bonds. The Bertz CT molecular complexity index is 930. The maximum Gasteiger partial charge on any atom is 0.243 e. The predicted molar refractivity (Wildman–Crippen MR) is 117 cm³/mol. The first-order valence-electron chi connectivity index (χ1n) is 9.28. The summed E-state index contributed by atoms with van der Waals surface area (Å²) in [5.74, 6) is 0.653. The fraction of sp³-hybridized carbons (Fsp3) is 0.350. The van der Waals surface area contributed by atoms with Gasteiger partial charge in [-0.3, -0.25) is 4.79 Å². The van der Waals surface area contributed by atoms with Gasteiger partial charge in [-0.1, -0.05) is 24.3 Å². The van der Waals surface area contributed by atoms with E-state index >= 15 is 0 Å². The van der Waals surface area contributed by atoms with E-state index in [1.165, 1.54) is 4.31 Å². The predicted octanol–water partition coefficient (Wildman–Crippen LogP) is 3.27. The molecule has 0 aliphatic carbocycles. The Hall–Kier alpha value is -1.39. The van der Waals surface area contributed by atoms with Crippen molar-refractivity contribution in [2.24, 2.45) is 0 Å². The first-order valence-corrected chi connectivity index (χ1v) is 12.5. The highest BCUT2D eigenvalue weighted by Gasteiger charge is 2.26. The number of hydrogen-bond donors (Lipinski definition) is 1. The molecule has 1 heterocycles. The first-order chi connectivity index (χ1) is 14.0. The van der Waals surface area contributed by atoms with E-state index in [0.29, 0.717) is 45.0 Å². The van der Waals surface area contributed by atoms with Crippen LogP contribution in [0.4, 0.5) is 0 Å². The minimum absolute atomic E-state index is 0.0328. The van der Waals surface area contributed by atoms with E-state index in [1.807, 2.05) is 24.3 Å². The van der Waals surface area contributed by atoms with E-state index in [-0.39, 0.29) is 10.8 Å². The number of amides is 1. The maximum absolute atomic E-state index is 12.6. The number of hydrogen-bond acceptors (Lipinski definition) is 5. The molecule has 1 N–H and O–H groups in total. The van der Waals surface area contributed by atoms with Crippen molar-refractivity contribution in [2.45, 2.75) is 22.8 Å². The van der Waals surface area contributed by atoms with Crippen LogP contribution in [0.25, 0.3) is 0 Å². The molecule has 3 rings (SSSR count). The van der Waals surface area contributed by atoms with Gasteiger partial charge in [-0.2, -0.15) is 4.31 Å². The van der Waals surface area contributed by atoms with Crippen LogP contribution in [-0.2, 0) is 26.1 Å². The van der Waals surface area contributed by atoms with Crippen molar-refractivity contribution in [3.8, 4) is 0 Å². The van der Waals surface area contributed by atoms with Gasteiger partial charge in [-0.25, -0.2) is 8.42 Å². The largest absolute Gasteiger partial charge is 0.379 e. The molecule has 29 heavy (non-hydrogen) atoms. The lowest BCUT2D eigenvalue weighted by Gasteiger charge is -2.26. The normalized spacial score (nSPS) is 15.2. The number of morpholine rings is 1. The van der Waals surface area contributed by atoms with Crippen LogP contribution in [0, 0.1) is 0 Å². The number of thioether (sulfide) groups is 1. The quantitative estimate of drug-likeness (QED) is 0.565. The molecule has 6 nitrogen and oxygen atoms in total. The summed E-state index contributed by atoms with van der Waals surface area (Å²) in [6.07, 6.45) is 0.412. The number of ether oxygens (including phenoxy) is 1. The minimum Gasteiger partial charge on any atom is -0.379 e. The molecule has 1 aliphatic rings. The Morgan fingerprint density at radius 3 is 2.48 bits per heavy atom. The van der Waals surface area contributed by atoms with Gasteiger partial charge in [0.05, 0.1) is 18.1 Å². The Kier molecular flexibility index (Phi) is 8.14. The van der Waals surface area contributed by atoms with E-state index in [1.54, 1.807) is 36.0 Å². The van der Waals surface area contributed by atoms with Crippen molar-refractivity contribution in [3.05, 3.63) is 58.6 Å². The second kappa shape index (κ2) is 10.6. The fourth-order valence-corrected chi connectivity index (χ4v) is 5.74. The van der Waals surface area contributed by atoms with Gasteiger partial charge in [0.2, 0.25) is 15.9 Å². The van der Waals surface area contributed by atoms with Gasteiger partial charge in [0.25, 0.3) is 0 Å². The molecule has 0 bridgehead atoms. The zero-order valence-corrected chi connectivity index (χ0v) is 19.1. The van der Waals surface area contributed by atoms with Crippen molar-refractivity contribution < 1.29 is 17.9 Å². The molecule has 0 aromatic heterocycles. The van der Waals surface area contributed by atoms with Crippen LogP contribution < -0.4 is 5.32 Å². The number of benzene rings is 2. The van der Waals surface area contributed by atoms with Crippen molar-refractivity contribution in [1.82, 2.24) is 9.62 Å². The number of nitrogens with zero attached hydrogens (tertiary/aromatic N) is 1. The smallest absolute Gasteiger partial charge is 0.243 e. The van der Waals surface area contributed by atoms with E-state index in [9.17, 15) is 13.2 Å². The van der Waals surface area contributed by atoms with Gasteiger partial charge in [-0.15, -0.1) is 11.8 Å². The summed E-state index contributed by atoms with van der Waals surface area (Å²) in [4.78, 5) is 13.4. The molecule has 156 valence electrons. The summed E-state index contributed by atoms with van der Waals surface area (Å²) in [7, 11) is -3.49. The molecule has 2 aromatic rings. The number of sulfonamides is 1. The van der Waals surface area contributed by atoms with E-state index in [2.05, 4.69) is 21.2 Å². The highest BCUT2D eigenvalue weighted by molar-refractivity contribution is 9.10. The van der Waals surface area contributed by atoms with Gasteiger partial charge in [-0.05, 0) is 45.8 Å². The van der Waals surface area contributed by atoms with Crippen molar-refractivity contribution >= 4 is 43.6 Å². The lowest BCUT2D eigenvalue weighted by molar-refractivity contribution is -0.120. The number of carbonyl (C=O) groups is 1. The second-order valence-corrected chi connectivity index (χ2v) is 10.4. The summed E-state index contributed by atoms with van der Waals surface area (Å²) in [6, 6.07) is 14.6. The third-order valence-electron chi connectivity index (χ3n) is 4.44. The van der Waals surface area contributed by atoms with Crippen LogP contribution in [0.15, 0.2) is 62.8 Å². The third kappa shape index (κ3) is 6.29. The molecular weight excluding hydrogens is 476 g/mol. The van der Waals surface area contributed by atoms with Gasteiger partial charge >= 0.3 is 0 Å². The summed E-state index contributed by atoms with van der Waals surface area (Å²) in [5, 5.41) is 2.88. The van der Waals surface area contributed by atoms with Crippen LogP contribution in [0.5, 0.6) is 0 Å². The number of carbonyl (C=O) groups excluding carboxylic acids is 1. The molecule has 0 radical (unpaired) electrons. The van der Waals surface area contributed by atoms with Gasteiger partial charge < -0.3 is 10.1 Å². The number of nitrogens with one attached hydrogen (secondary N) is 1. The fourth-order valence-electron chi connectivity index (χ4n) is 2.82. The van der Waals surface area contributed by atoms with E-state index in [0.717, 1.165) is 14.9 Å². The highest BCUT2D eigenvalue weighted by Crippen LogP contribution is 2.27. The summed E-state index contributed by atoms with van der Waals surface area (Å²) >= 11 is 5.12. The standard InChI is InChI=1S/C20H23BrN2O4S2/c21-18-3-1-2-4-19(18)28-14-9-20(24)22-15-16-5-7-17(8-6-16)29(25,26)23-10-12-27-13-11-23/h1-8H,9-15H2,(H,22,24). The molecule has 0 unspecified atom stereocenters. The molecule has 0 saturated carbocycles. The first kappa shape index (κ1) is 22.3. The third-order valence-corrected chi connectivity index (χ3v) is 8.39. The van der Waals surface area contributed by atoms with E-state index < -0.39 is 10.0 Å². The summed E-state index contributed by atoms with van der Waals surface area (Å²) in [6.45, 7) is 1.96. The van der Waals surface area contributed by atoms with Crippen molar-refractivity contribution in [1.29, 1.82) is 0 Å². The minimum atomic E-state index is -3.49. The average Bonchev–Trinajstić information content (AvgIpc) is 2.74. The number of halogens is 1. The van der Waals surface area contributed by atoms with Crippen molar-refractivity contribution in [3.63, 3.8) is 0 Å². The molecule has 1 aliphatic heterocycles. The van der Waals surface area contributed by atoms with E-state index in [4.69, 9.17) is 4.74 Å². The topological polar surface area (TPSA) is 75.7 Å². The van der Waals surface area contributed by atoms with Gasteiger partial charge in [0, 0.05) is 41.2 Å². The van der Waals surface area contributed by atoms with Gasteiger partial charge in [0.15, 0.2) is 0 Å². The lowest BCUT2D eigenvalue weighted by atomic mass is 10.2. The molecule has 0 spiro atoms. The van der Waals surface area contributed by atoms with Crippen LogP contribution in [0.2, 0.25) is 0 Å². The van der Waals surface area contributed by atoms with Crippen LogP contribution in [0.1, 0.15) is 12.0 Å². The highest BCUT2D eigenvalue weighted by atomic mass is 79.9. The molecule has 0 atom stereocenters. The molecule has 2 aromatic carbocycles. The maximum atomic E-state index is 12.6. The van der Waals surface area contributed by atoms with Crippen LogP contribution in [-0.4, -0.2) is 50.7 Å².